The fraction of sp³-hybridized carbons (Fsp3) is 0.632. The molecule has 1 N–H and O–H groups in total. The first kappa shape index (κ1) is 21.9. The number of sulfonamides is 1. The van der Waals surface area contributed by atoms with Crippen LogP contribution in [0.2, 0.25) is 0 Å². The van der Waals surface area contributed by atoms with E-state index in [1.54, 1.807) is 0 Å². The van der Waals surface area contributed by atoms with Gasteiger partial charge < -0.3 is 10.1 Å². The second-order valence-corrected chi connectivity index (χ2v) is 9.69. The zero-order chi connectivity index (χ0) is 21.2. The summed E-state index contributed by atoms with van der Waals surface area (Å²) in [6.45, 7) is 2.39. The molecule has 10 heteroatoms. The Hall–Kier alpha value is -1.81. The van der Waals surface area contributed by atoms with Crippen LogP contribution in [0.25, 0.3) is 0 Å². The lowest BCUT2D eigenvalue weighted by Crippen LogP contribution is -2.58. The first-order valence-electron chi connectivity index (χ1n) is 9.75. The number of nitrogens with one attached hydrogen (secondary N) is 1. The minimum Gasteiger partial charge on any atom is -0.406 e. The largest absolute Gasteiger partial charge is 0.573 e. The summed E-state index contributed by atoms with van der Waals surface area (Å²) in [6.07, 6.45) is -1.26. The number of nitrogens with zero attached hydrogens (tertiary/aromatic N) is 1. The number of ether oxygens (including phenoxy) is 1. The molecule has 1 amide bonds. The number of rotatable bonds is 7. The van der Waals surface area contributed by atoms with Crippen LogP contribution in [0.4, 0.5) is 18.9 Å². The van der Waals surface area contributed by atoms with E-state index in [0.29, 0.717) is 31.5 Å². The minimum absolute atomic E-state index is 0.0850. The van der Waals surface area contributed by atoms with Crippen LogP contribution in [-0.2, 0) is 14.8 Å². The van der Waals surface area contributed by atoms with E-state index in [1.807, 2.05) is 6.92 Å². The Morgan fingerprint density at radius 1 is 1.24 bits per heavy atom. The van der Waals surface area contributed by atoms with Gasteiger partial charge in [0.05, 0.1) is 11.7 Å². The topological polar surface area (TPSA) is 75.7 Å². The van der Waals surface area contributed by atoms with Crippen LogP contribution in [-0.4, -0.2) is 43.3 Å². The standard InChI is InChI=1S/C19H25F3N2O4S/c1-2-3-10-29(26,27)24-12-13-4-9-17(24)16(11-13)18(25)23-14-5-7-15(8-6-14)28-19(20,21)22/h5-8,13,16-17H,2-4,9-12H2,1H3,(H,23,25). The molecule has 2 saturated heterocycles. The molecular weight excluding hydrogens is 409 g/mol. The third-order valence-electron chi connectivity index (χ3n) is 5.54. The summed E-state index contributed by atoms with van der Waals surface area (Å²) in [5.41, 5.74) is 0.339. The van der Waals surface area contributed by atoms with Gasteiger partial charge in [-0.3, -0.25) is 4.79 Å². The Balaban J connectivity index is 1.68. The van der Waals surface area contributed by atoms with Crippen molar-refractivity contribution < 1.29 is 31.1 Å². The highest BCUT2D eigenvalue weighted by atomic mass is 32.2. The summed E-state index contributed by atoms with van der Waals surface area (Å²) in [5.74, 6) is -0.915. The summed E-state index contributed by atoms with van der Waals surface area (Å²) >= 11 is 0. The molecule has 2 bridgehead atoms. The summed E-state index contributed by atoms with van der Waals surface area (Å²) in [6, 6.07) is 4.54. The summed E-state index contributed by atoms with van der Waals surface area (Å²) < 4.78 is 67.5. The number of hydrogen-bond acceptors (Lipinski definition) is 4. The predicted octanol–water partition coefficient (Wildman–Crippen LogP) is 3.75. The van der Waals surface area contributed by atoms with Crippen molar-refractivity contribution >= 4 is 21.6 Å². The zero-order valence-corrected chi connectivity index (χ0v) is 16.9. The van der Waals surface area contributed by atoms with Crippen molar-refractivity contribution in [1.82, 2.24) is 4.31 Å². The third-order valence-corrected chi connectivity index (χ3v) is 7.47. The van der Waals surface area contributed by atoms with Crippen molar-refractivity contribution in [2.45, 2.75) is 51.4 Å². The molecule has 1 aromatic rings. The van der Waals surface area contributed by atoms with Gasteiger partial charge in [0.1, 0.15) is 5.75 Å². The zero-order valence-electron chi connectivity index (χ0n) is 16.1. The highest BCUT2D eigenvalue weighted by molar-refractivity contribution is 7.89. The van der Waals surface area contributed by atoms with Gasteiger partial charge in [0.2, 0.25) is 15.9 Å². The number of carbonyl (C=O) groups is 1. The maximum atomic E-state index is 12.8. The van der Waals surface area contributed by atoms with E-state index in [2.05, 4.69) is 10.1 Å². The normalized spacial score (nSPS) is 25.0. The van der Waals surface area contributed by atoms with Crippen molar-refractivity contribution in [2.75, 3.05) is 17.6 Å². The van der Waals surface area contributed by atoms with Crippen molar-refractivity contribution in [2.24, 2.45) is 11.8 Å². The van der Waals surface area contributed by atoms with Gasteiger partial charge in [0.15, 0.2) is 0 Å². The van der Waals surface area contributed by atoms with Gasteiger partial charge in [-0.2, -0.15) is 4.31 Å². The highest BCUT2D eigenvalue weighted by Gasteiger charge is 2.48. The second kappa shape index (κ2) is 8.51. The quantitative estimate of drug-likeness (QED) is 0.709. The van der Waals surface area contributed by atoms with Crippen LogP contribution in [0.15, 0.2) is 24.3 Å². The molecule has 1 aromatic carbocycles. The van der Waals surface area contributed by atoms with E-state index in [-0.39, 0.29) is 29.4 Å². The Kier molecular flexibility index (Phi) is 6.42. The van der Waals surface area contributed by atoms with Crippen LogP contribution in [0.1, 0.15) is 39.0 Å². The maximum Gasteiger partial charge on any atom is 0.573 e. The van der Waals surface area contributed by atoms with Crippen molar-refractivity contribution in [3.05, 3.63) is 24.3 Å². The lowest BCUT2D eigenvalue weighted by molar-refractivity contribution is -0.274. The molecule has 3 fully saturated rings. The average molecular weight is 434 g/mol. The molecule has 3 unspecified atom stereocenters. The van der Waals surface area contributed by atoms with Crippen molar-refractivity contribution in [3.8, 4) is 5.75 Å². The van der Waals surface area contributed by atoms with Crippen LogP contribution in [0.5, 0.6) is 5.75 Å². The van der Waals surface area contributed by atoms with Gasteiger partial charge in [-0.05, 0) is 55.9 Å². The van der Waals surface area contributed by atoms with E-state index in [9.17, 15) is 26.4 Å². The van der Waals surface area contributed by atoms with Crippen LogP contribution in [0, 0.1) is 11.8 Å². The number of carbonyl (C=O) groups excluding carboxylic acids is 1. The summed E-state index contributed by atoms with van der Waals surface area (Å²) in [7, 11) is -3.41. The third kappa shape index (κ3) is 5.42. The molecule has 6 nitrogen and oxygen atoms in total. The van der Waals surface area contributed by atoms with E-state index in [1.165, 1.54) is 16.4 Å². The molecule has 1 saturated carbocycles. The van der Waals surface area contributed by atoms with Crippen molar-refractivity contribution in [3.63, 3.8) is 0 Å². The molecule has 162 valence electrons. The number of halogens is 3. The lowest BCUT2D eigenvalue weighted by atomic mass is 9.73. The molecule has 0 aromatic heterocycles. The molecule has 1 aliphatic carbocycles. The first-order valence-corrected chi connectivity index (χ1v) is 11.4. The van der Waals surface area contributed by atoms with E-state index < -0.39 is 22.3 Å². The number of alkyl halides is 3. The lowest BCUT2D eigenvalue weighted by Gasteiger charge is -2.48. The Labute approximate surface area is 168 Å². The van der Waals surface area contributed by atoms with Gasteiger partial charge in [-0.25, -0.2) is 8.42 Å². The van der Waals surface area contributed by atoms with Gasteiger partial charge in [0, 0.05) is 18.3 Å². The smallest absolute Gasteiger partial charge is 0.406 e. The molecule has 29 heavy (non-hydrogen) atoms. The van der Waals surface area contributed by atoms with Crippen LogP contribution >= 0.6 is 0 Å². The van der Waals surface area contributed by atoms with E-state index in [4.69, 9.17) is 0 Å². The number of anilines is 1. The van der Waals surface area contributed by atoms with Gasteiger partial charge in [-0.1, -0.05) is 13.3 Å². The first-order chi connectivity index (χ1) is 13.6. The second-order valence-electron chi connectivity index (χ2n) is 7.65. The molecule has 0 radical (unpaired) electrons. The Bertz CT molecular complexity index is 827. The molecule has 3 aliphatic rings. The maximum absolute atomic E-state index is 12.8. The number of unbranched alkanes of at least 4 members (excludes halogenated alkanes) is 1. The molecule has 0 spiro atoms. The summed E-state index contributed by atoms with van der Waals surface area (Å²) in [4.78, 5) is 12.8. The van der Waals surface area contributed by atoms with E-state index in [0.717, 1.165) is 25.0 Å². The number of hydrogen-bond donors (Lipinski definition) is 1. The highest BCUT2D eigenvalue weighted by Crippen LogP contribution is 2.41. The fourth-order valence-electron chi connectivity index (χ4n) is 4.16. The predicted molar refractivity (Wildman–Crippen MR) is 102 cm³/mol. The van der Waals surface area contributed by atoms with Crippen LogP contribution < -0.4 is 10.1 Å². The molecule has 2 aliphatic heterocycles. The Morgan fingerprint density at radius 3 is 2.52 bits per heavy atom. The minimum atomic E-state index is -4.78. The number of fused-ring (bicyclic) bond motifs is 3. The summed E-state index contributed by atoms with van der Waals surface area (Å²) in [5, 5.41) is 2.70. The van der Waals surface area contributed by atoms with Gasteiger partial charge in [-0.15, -0.1) is 13.2 Å². The van der Waals surface area contributed by atoms with Crippen molar-refractivity contribution in [1.29, 1.82) is 0 Å². The molecule has 2 heterocycles. The SMILES string of the molecule is CCCCS(=O)(=O)N1CC2CCC1C(C(=O)Nc1ccc(OC(F)(F)F)cc1)C2. The number of amides is 1. The van der Waals surface area contributed by atoms with E-state index >= 15 is 0 Å². The van der Waals surface area contributed by atoms with Crippen LogP contribution in [0.3, 0.4) is 0 Å². The number of piperidine rings is 2. The average Bonchev–Trinajstić information content (AvgIpc) is 2.67. The monoisotopic (exact) mass is 434 g/mol. The fourth-order valence-corrected chi connectivity index (χ4v) is 6.15. The molecular formula is C19H25F3N2O4S. The van der Waals surface area contributed by atoms with Gasteiger partial charge >= 0.3 is 6.36 Å². The number of benzene rings is 1. The molecule has 4 rings (SSSR count). The van der Waals surface area contributed by atoms with Gasteiger partial charge in [0.25, 0.3) is 0 Å². The Morgan fingerprint density at radius 2 is 1.93 bits per heavy atom. The molecule has 3 atom stereocenters.